The number of amides is 1. The summed E-state index contributed by atoms with van der Waals surface area (Å²) in [4.78, 5) is 11.6. The number of hydrogen-bond acceptors (Lipinski definition) is 3. The van der Waals surface area contributed by atoms with E-state index in [0.717, 1.165) is 12.2 Å². The predicted octanol–water partition coefficient (Wildman–Crippen LogP) is 0.980. The molecule has 1 aromatic rings. The van der Waals surface area contributed by atoms with E-state index in [-0.39, 0.29) is 11.9 Å². The zero-order chi connectivity index (χ0) is 10.6. The maximum absolute atomic E-state index is 11.6. The Bertz CT molecular complexity index is 306. The summed E-state index contributed by atoms with van der Waals surface area (Å²) >= 11 is 0. The summed E-state index contributed by atoms with van der Waals surface area (Å²) in [5, 5.41) is 12.3. The van der Waals surface area contributed by atoms with Gasteiger partial charge in [-0.2, -0.15) is 5.10 Å². The van der Waals surface area contributed by atoms with Crippen molar-refractivity contribution in [3.05, 3.63) is 11.9 Å². The van der Waals surface area contributed by atoms with Crippen molar-refractivity contribution >= 4 is 11.6 Å². The van der Waals surface area contributed by atoms with E-state index in [1.165, 1.54) is 0 Å². The van der Waals surface area contributed by atoms with Gasteiger partial charge < -0.3 is 10.6 Å². The van der Waals surface area contributed by atoms with Crippen LogP contribution in [-0.2, 0) is 0 Å². The number of nitrogens with zero attached hydrogens (tertiary/aromatic N) is 1. The van der Waals surface area contributed by atoms with Gasteiger partial charge >= 0.3 is 0 Å². The first kappa shape index (κ1) is 10.6. The fraction of sp³-hybridized carbons (Fsp3) is 0.556. The summed E-state index contributed by atoms with van der Waals surface area (Å²) in [7, 11) is 0. The highest BCUT2D eigenvalue weighted by Crippen LogP contribution is 2.10. The third-order valence-corrected chi connectivity index (χ3v) is 1.65. The second-order valence-corrected chi connectivity index (χ2v) is 3.32. The molecule has 0 unspecified atom stereocenters. The van der Waals surface area contributed by atoms with Gasteiger partial charge in [-0.15, -0.1) is 0 Å². The monoisotopic (exact) mass is 196 g/mol. The van der Waals surface area contributed by atoms with Crippen molar-refractivity contribution in [1.82, 2.24) is 15.5 Å². The molecule has 5 nitrogen and oxygen atoms in total. The Morgan fingerprint density at radius 1 is 1.64 bits per heavy atom. The molecule has 0 fully saturated rings. The van der Waals surface area contributed by atoms with E-state index in [0.29, 0.717) is 5.69 Å². The number of carbonyl (C=O) groups excluding carboxylic acids is 1. The first-order valence-electron chi connectivity index (χ1n) is 4.73. The van der Waals surface area contributed by atoms with Gasteiger partial charge in [-0.25, -0.2) is 0 Å². The van der Waals surface area contributed by atoms with E-state index in [9.17, 15) is 4.79 Å². The molecule has 0 aliphatic heterocycles. The topological polar surface area (TPSA) is 69.8 Å². The lowest BCUT2D eigenvalue weighted by atomic mass is 10.3. The van der Waals surface area contributed by atoms with Crippen molar-refractivity contribution in [3.8, 4) is 0 Å². The number of hydrogen-bond donors (Lipinski definition) is 3. The molecule has 0 atom stereocenters. The molecule has 0 aliphatic rings. The summed E-state index contributed by atoms with van der Waals surface area (Å²) in [6, 6.07) is 0.125. The lowest BCUT2D eigenvalue weighted by Crippen LogP contribution is -2.30. The van der Waals surface area contributed by atoms with E-state index >= 15 is 0 Å². The zero-order valence-corrected chi connectivity index (χ0v) is 8.72. The quantitative estimate of drug-likeness (QED) is 0.672. The largest absolute Gasteiger partial charge is 0.382 e. The predicted molar refractivity (Wildman–Crippen MR) is 55.4 cm³/mol. The number of carbonyl (C=O) groups is 1. The Kier molecular flexibility index (Phi) is 3.50. The van der Waals surface area contributed by atoms with Crippen molar-refractivity contribution in [3.63, 3.8) is 0 Å². The molecule has 1 amide bonds. The van der Waals surface area contributed by atoms with Crippen LogP contribution in [0, 0.1) is 0 Å². The Hall–Kier alpha value is -1.52. The summed E-state index contributed by atoms with van der Waals surface area (Å²) in [6.07, 6.45) is 1.61. The maximum atomic E-state index is 11.6. The fourth-order valence-electron chi connectivity index (χ4n) is 1.12. The van der Waals surface area contributed by atoms with Gasteiger partial charge in [0.1, 0.15) is 5.69 Å². The summed E-state index contributed by atoms with van der Waals surface area (Å²) in [5.74, 6) is -0.131. The van der Waals surface area contributed by atoms with Crippen LogP contribution >= 0.6 is 0 Å². The average molecular weight is 196 g/mol. The molecule has 0 spiro atoms. The second-order valence-electron chi connectivity index (χ2n) is 3.32. The average Bonchev–Trinajstić information content (AvgIpc) is 2.51. The minimum atomic E-state index is -0.131. The van der Waals surface area contributed by atoms with Crippen LogP contribution in [-0.4, -0.2) is 28.7 Å². The number of aromatic nitrogens is 2. The van der Waals surface area contributed by atoms with Crippen molar-refractivity contribution < 1.29 is 4.79 Å². The van der Waals surface area contributed by atoms with Gasteiger partial charge in [0.2, 0.25) is 0 Å². The summed E-state index contributed by atoms with van der Waals surface area (Å²) in [5.41, 5.74) is 1.23. The van der Waals surface area contributed by atoms with Gasteiger partial charge in [0.05, 0.1) is 11.9 Å². The lowest BCUT2D eigenvalue weighted by Gasteiger charge is -2.08. The molecule has 0 aliphatic carbocycles. The highest BCUT2D eigenvalue weighted by Gasteiger charge is 2.13. The van der Waals surface area contributed by atoms with Gasteiger partial charge in [-0.1, -0.05) is 0 Å². The number of aromatic amines is 1. The molecule has 0 saturated carbocycles. The van der Waals surface area contributed by atoms with E-state index in [1.54, 1.807) is 6.20 Å². The molecule has 78 valence electrons. The van der Waals surface area contributed by atoms with E-state index in [4.69, 9.17) is 0 Å². The molecular weight excluding hydrogens is 180 g/mol. The fourth-order valence-corrected chi connectivity index (χ4v) is 1.12. The van der Waals surface area contributed by atoms with Crippen molar-refractivity contribution in [2.75, 3.05) is 11.9 Å². The second kappa shape index (κ2) is 4.64. The molecule has 5 heteroatoms. The molecule has 0 saturated heterocycles. The molecular formula is C9H16N4O. The van der Waals surface area contributed by atoms with Crippen LogP contribution < -0.4 is 10.6 Å². The third-order valence-electron chi connectivity index (χ3n) is 1.65. The molecule has 3 N–H and O–H groups in total. The Morgan fingerprint density at radius 3 is 2.93 bits per heavy atom. The first-order valence-corrected chi connectivity index (χ1v) is 4.73. The molecule has 0 radical (unpaired) electrons. The van der Waals surface area contributed by atoms with Crippen molar-refractivity contribution in [1.29, 1.82) is 0 Å². The van der Waals surface area contributed by atoms with Crippen LogP contribution in [0.4, 0.5) is 5.69 Å². The minimum absolute atomic E-state index is 0.125. The minimum Gasteiger partial charge on any atom is -0.382 e. The zero-order valence-electron chi connectivity index (χ0n) is 8.72. The molecule has 14 heavy (non-hydrogen) atoms. The Morgan fingerprint density at radius 2 is 2.36 bits per heavy atom. The number of anilines is 1. The lowest BCUT2D eigenvalue weighted by molar-refractivity contribution is 0.0939. The smallest absolute Gasteiger partial charge is 0.271 e. The van der Waals surface area contributed by atoms with Crippen LogP contribution in [0.3, 0.4) is 0 Å². The molecule has 1 rings (SSSR count). The van der Waals surface area contributed by atoms with E-state index in [2.05, 4.69) is 20.8 Å². The normalized spacial score (nSPS) is 10.3. The Balaban J connectivity index is 2.73. The van der Waals surface area contributed by atoms with Crippen LogP contribution in [0.1, 0.15) is 31.3 Å². The van der Waals surface area contributed by atoms with E-state index < -0.39 is 0 Å². The molecule has 0 bridgehead atoms. The molecule has 0 aromatic carbocycles. The molecule has 1 aromatic heterocycles. The number of rotatable bonds is 4. The van der Waals surface area contributed by atoms with Crippen molar-refractivity contribution in [2.45, 2.75) is 26.8 Å². The van der Waals surface area contributed by atoms with Gasteiger partial charge in [0.25, 0.3) is 5.91 Å². The van der Waals surface area contributed by atoms with Gasteiger partial charge in [0.15, 0.2) is 0 Å². The Labute approximate surface area is 83.3 Å². The standard InChI is InChI=1S/C9H16N4O/c1-4-10-7-5-11-13-8(7)9(14)12-6(2)3/h5-6,10H,4H2,1-3H3,(H,11,13)(H,12,14). The van der Waals surface area contributed by atoms with Crippen molar-refractivity contribution in [2.24, 2.45) is 0 Å². The van der Waals surface area contributed by atoms with Gasteiger partial charge in [-0.3, -0.25) is 9.89 Å². The molecule has 1 heterocycles. The summed E-state index contributed by atoms with van der Waals surface area (Å²) in [6.45, 7) is 6.57. The highest BCUT2D eigenvalue weighted by atomic mass is 16.2. The third kappa shape index (κ3) is 2.48. The van der Waals surface area contributed by atoms with Crippen LogP contribution in [0.5, 0.6) is 0 Å². The van der Waals surface area contributed by atoms with Crippen LogP contribution in [0.15, 0.2) is 6.20 Å². The summed E-state index contributed by atoms with van der Waals surface area (Å²) < 4.78 is 0. The van der Waals surface area contributed by atoms with Crippen LogP contribution in [0.25, 0.3) is 0 Å². The van der Waals surface area contributed by atoms with E-state index in [1.807, 2.05) is 20.8 Å². The van der Waals surface area contributed by atoms with Gasteiger partial charge in [-0.05, 0) is 20.8 Å². The number of H-pyrrole nitrogens is 1. The van der Waals surface area contributed by atoms with Crippen LogP contribution in [0.2, 0.25) is 0 Å². The number of nitrogens with one attached hydrogen (secondary N) is 3. The first-order chi connectivity index (χ1) is 6.65. The van der Waals surface area contributed by atoms with Gasteiger partial charge in [0, 0.05) is 12.6 Å². The maximum Gasteiger partial charge on any atom is 0.271 e. The highest BCUT2D eigenvalue weighted by molar-refractivity contribution is 5.97. The SMILES string of the molecule is CCNc1cn[nH]c1C(=O)NC(C)C.